The summed E-state index contributed by atoms with van der Waals surface area (Å²) in [5, 5.41) is 4.96. The van der Waals surface area contributed by atoms with E-state index in [9.17, 15) is 14.4 Å². The second kappa shape index (κ2) is 8.37. The Morgan fingerprint density at radius 1 is 1.14 bits per heavy atom. The van der Waals surface area contributed by atoms with E-state index in [0.29, 0.717) is 37.3 Å². The van der Waals surface area contributed by atoms with Crippen LogP contribution in [-0.4, -0.2) is 47.2 Å². The number of amides is 3. The monoisotopic (exact) mass is 411 g/mol. The number of carbonyl (C=O) groups is 3. The number of hydrogen-bond acceptors (Lipinski definition) is 4. The quantitative estimate of drug-likeness (QED) is 0.840. The molecule has 1 aromatic carbocycles. The molecule has 0 aliphatic carbocycles. The summed E-state index contributed by atoms with van der Waals surface area (Å²) in [5.41, 5.74) is 3.21. The fraction of sp³-hybridized carbons (Fsp3) is 0.409. The van der Waals surface area contributed by atoms with Gasteiger partial charge in [-0.15, -0.1) is 11.3 Å². The lowest BCUT2D eigenvalue weighted by Gasteiger charge is -2.28. The van der Waals surface area contributed by atoms with Crippen LogP contribution in [0.2, 0.25) is 0 Å². The molecule has 0 bridgehead atoms. The molecule has 29 heavy (non-hydrogen) atoms. The van der Waals surface area contributed by atoms with Crippen LogP contribution in [0.25, 0.3) is 0 Å². The van der Waals surface area contributed by atoms with Gasteiger partial charge in [-0.05, 0) is 60.9 Å². The molecule has 4 rings (SSSR count). The average molecular weight is 412 g/mol. The van der Waals surface area contributed by atoms with Crippen LogP contribution in [0.3, 0.4) is 0 Å². The summed E-state index contributed by atoms with van der Waals surface area (Å²) in [7, 11) is 0. The topological polar surface area (TPSA) is 69.7 Å². The summed E-state index contributed by atoms with van der Waals surface area (Å²) in [5.74, 6) is -0.208. The zero-order valence-corrected chi connectivity index (χ0v) is 17.4. The standard InChI is InChI=1S/C22H25N3O3S/c1-15-17(22(28)25-11-8-19-16(13-25)9-12-29-19)5-4-6-18(15)23-20(26)14-24-10-3-2-7-21(24)27/h4-6,9,12H,2-3,7-8,10-11,13-14H2,1H3,(H,23,26). The molecule has 3 heterocycles. The summed E-state index contributed by atoms with van der Waals surface area (Å²) >= 11 is 1.75. The predicted octanol–water partition coefficient (Wildman–Crippen LogP) is 3.21. The summed E-state index contributed by atoms with van der Waals surface area (Å²) in [4.78, 5) is 42.4. The molecule has 2 aliphatic heterocycles. The van der Waals surface area contributed by atoms with Crippen molar-refractivity contribution >= 4 is 34.7 Å². The Bertz CT molecular complexity index is 953. The molecule has 0 atom stereocenters. The highest BCUT2D eigenvalue weighted by molar-refractivity contribution is 7.10. The summed E-state index contributed by atoms with van der Waals surface area (Å²) < 4.78 is 0. The van der Waals surface area contributed by atoms with Crippen LogP contribution >= 0.6 is 11.3 Å². The van der Waals surface area contributed by atoms with Crippen molar-refractivity contribution in [3.05, 3.63) is 51.2 Å². The Hall–Kier alpha value is -2.67. The molecule has 152 valence electrons. The molecule has 1 fully saturated rings. The third-order valence-corrected chi connectivity index (χ3v) is 6.71. The first-order valence-electron chi connectivity index (χ1n) is 10.0. The number of benzene rings is 1. The van der Waals surface area contributed by atoms with E-state index in [1.807, 2.05) is 17.9 Å². The van der Waals surface area contributed by atoms with E-state index in [4.69, 9.17) is 0 Å². The molecule has 1 N–H and O–H groups in total. The molecule has 7 heteroatoms. The van der Waals surface area contributed by atoms with Gasteiger partial charge in [-0.25, -0.2) is 0 Å². The number of anilines is 1. The van der Waals surface area contributed by atoms with E-state index >= 15 is 0 Å². The molecular formula is C22H25N3O3S. The fourth-order valence-corrected chi connectivity index (χ4v) is 4.88. The molecule has 0 unspecified atom stereocenters. The molecular weight excluding hydrogens is 386 g/mol. The lowest BCUT2D eigenvalue weighted by molar-refractivity contribution is -0.136. The second-order valence-corrected chi connectivity index (χ2v) is 8.65. The van der Waals surface area contributed by atoms with Crippen molar-refractivity contribution in [3.8, 4) is 0 Å². The predicted molar refractivity (Wildman–Crippen MR) is 113 cm³/mol. The summed E-state index contributed by atoms with van der Waals surface area (Å²) in [6, 6.07) is 7.49. The SMILES string of the molecule is Cc1c(NC(=O)CN2CCCCC2=O)cccc1C(=O)N1CCc2sccc2C1. The third kappa shape index (κ3) is 4.19. The van der Waals surface area contributed by atoms with Gasteiger partial charge in [0.2, 0.25) is 11.8 Å². The van der Waals surface area contributed by atoms with E-state index in [0.717, 1.165) is 24.8 Å². The van der Waals surface area contributed by atoms with Gasteiger partial charge in [0.1, 0.15) is 0 Å². The zero-order chi connectivity index (χ0) is 20.4. The highest BCUT2D eigenvalue weighted by Crippen LogP contribution is 2.27. The van der Waals surface area contributed by atoms with Crippen molar-refractivity contribution in [2.24, 2.45) is 0 Å². The normalized spacial score (nSPS) is 16.5. The van der Waals surface area contributed by atoms with Gasteiger partial charge in [0.15, 0.2) is 0 Å². The molecule has 3 amide bonds. The first kappa shape index (κ1) is 19.6. The van der Waals surface area contributed by atoms with E-state index < -0.39 is 0 Å². The van der Waals surface area contributed by atoms with Crippen LogP contribution in [0.1, 0.15) is 45.6 Å². The van der Waals surface area contributed by atoms with Gasteiger partial charge in [-0.2, -0.15) is 0 Å². The Balaban J connectivity index is 1.45. The Labute approximate surface area is 174 Å². The van der Waals surface area contributed by atoms with Gasteiger partial charge in [0, 0.05) is 42.2 Å². The maximum Gasteiger partial charge on any atom is 0.254 e. The highest BCUT2D eigenvalue weighted by Gasteiger charge is 2.25. The Morgan fingerprint density at radius 2 is 2.00 bits per heavy atom. The van der Waals surface area contributed by atoms with Gasteiger partial charge in [0.25, 0.3) is 5.91 Å². The lowest BCUT2D eigenvalue weighted by Crippen LogP contribution is -2.41. The minimum atomic E-state index is -0.228. The van der Waals surface area contributed by atoms with Crippen molar-refractivity contribution in [3.63, 3.8) is 0 Å². The van der Waals surface area contributed by atoms with Crippen LogP contribution in [-0.2, 0) is 22.6 Å². The molecule has 0 spiro atoms. The zero-order valence-electron chi connectivity index (χ0n) is 16.6. The summed E-state index contributed by atoms with van der Waals surface area (Å²) in [6.07, 6.45) is 3.23. The van der Waals surface area contributed by atoms with Crippen molar-refractivity contribution in [2.45, 2.75) is 39.2 Å². The van der Waals surface area contributed by atoms with Crippen LogP contribution in [0.5, 0.6) is 0 Å². The van der Waals surface area contributed by atoms with Crippen LogP contribution in [0.15, 0.2) is 29.6 Å². The molecule has 1 aromatic heterocycles. The summed E-state index contributed by atoms with van der Waals surface area (Å²) in [6.45, 7) is 3.88. The van der Waals surface area contributed by atoms with Crippen molar-refractivity contribution < 1.29 is 14.4 Å². The largest absolute Gasteiger partial charge is 0.334 e. The molecule has 0 saturated carbocycles. The lowest BCUT2D eigenvalue weighted by atomic mass is 10.0. The number of nitrogens with one attached hydrogen (secondary N) is 1. The fourth-order valence-electron chi connectivity index (χ4n) is 3.99. The molecule has 6 nitrogen and oxygen atoms in total. The van der Waals surface area contributed by atoms with E-state index in [1.165, 1.54) is 10.4 Å². The third-order valence-electron chi connectivity index (χ3n) is 5.69. The van der Waals surface area contributed by atoms with Gasteiger partial charge in [-0.3, -0.25) is 14.4 Å². The maximum absolute atomic E-state index is 13.1. The van der Waals surface area contributed by atoms with Crippen LogP contribution < -0.4 is 5.32 Å². The van der Waals surface area contributed by atoms with Gasteiger partial charge in [-0.1, -0.05) is 6.07 Å². The minimum Gasteiger partial charge on any atom is -0.334 e. The van der Waals surface area contributed by atoms with Gasteiger partial charge < -0.3 is 15.1 Å². The number of nitrogens with zero attached hydrogens (tertiary/aromatic N) is 2. The molecule has 2 aliphatic rings. The smallest absolute Gasteiger partial charge is 0.254 e. The molecule has 2 aromatic rings. The van der Waals surface area contributed by atoms with Gasteiger partial charge >= 0.3 is 0 Å². The number of carbonyl (C=O) groups excluding carboxylic acids is 3. The van der Waals surface area contributed by atoms with E-state index in [1.54, 1.807) is 28.4 Å². The average Bonchev–Trinajstić information content (AvgIpc) is 3.19. The Morgan fingerprint density at radius 3 is 2.83 bits per heavy atom. The van der Waals surface area contributed by atoms with Crippen molar-refractivity contribution in [1.82, 2.24) is 9.80 Å². The van der Waals surface area contributed by atoms with Crippen molar-refractivity contribution in [1.29, 1.82) is 0 Å². The number of thiophene rings is 1. The van der Waals surface area contributed by atoms with Crippen LogP contribution in [0.4, 0.5) is 5.69 Å². The first-order chi connectivity index (χ1) is 14.0. The number of fused-ring (bicyclic) bond motifs is 1. The van der Waals surface area contributed by atoms with Gasteiger partial charge in [0.05, 0.1) is 6.54 Å². The van der Waals surface area contributed by atoms with E-state index in [-0.39, 0.29) is 24.3 Å². The van der Waals surface area contributed by atoms with E-state index in [2.05, 4.69) is 16.8 Å². The number of hydrogen-bond donors (Lipinski definition) is 1. The molecule has 0 radical (unpaired) electrons. The number of likely N-dealkylation sites (tertiary alicyclic amines) is 1. The van der Waals surface area contributed by atoms with Crippen molar-refractivity contribution in [2.75, 3.05) is 25.0 Å². The Kier molecular flexibility index (Phi) is 5.67. The van der Waals surface area contributed by atoms with Crippen LogP contribution in [0, 0.1) is 6.92 Å². The molecule has 1 saturated heterocycles. The minimum absolute atomic E-state index is 0.0124. The number of piperidine rings is 1. The first-order valence-corrected chi connectivity index (χ1v) is 10.9. The number of rotatable bonds is 4. The maximum atomic E-state index is 13.1. The highest BCUT2D eigenvalue weighted by atomic mass is 32.1. The second-order valence-electron chi connectivity index (χ2n) is 7.64.